The summed E-state index contributed by atoms with van der Waals surface area (Å²) in [5.74, 6) is -0.0608. The van der Waals surface area contributed by atoms with Crippen LogP contribution < -0.4 is 5.32 Å². The molecule has 0 radical (unpaired) electrons. The summed E-state index contributed by atoms with van der Waals surface area (Å²) in [7, 11) is 0. The Morgan fingerprint density at radius 3 is 2.76 bits per heavy atom. The number of rotatable bonds is 6. The van der Waals surface area contributed by atoms with E-state index in [2.05, 4.69) is 24.4 Å². The quantitative estimate of drug-likeness (QED) is 0.690. The molecule has 0 spiro atoms. The number of ether oxygens (including phenoxy) is 1. The summed E-state index contributed by atoms with van der Waals surface area (Å²) in [6.07, 6.45) is 2.23. The molecule has 1 N–H and O–H groups in total. The number of carbonyl (C=O) groups is 1. The van der Waals surface area contributed by atoms with Gasteiger partial charge < -0.3 is 10.1 Å². The molecule has 150 valence electrons. The number of hydrogen-bond acceptors (Lipinski definition) is 3. The van der Waals surface area contributed by atoms with Crippen LogP contribution in [0.5, 0.6) is 0 Å². The van der Waals surface area contributed by atoms with Crippen molar-refractivity contribution in [2.75, 3.05) is 13.2 Å². The van der Waals surface area contributed by atoms with E-state index in [0.29, 0.717) is 12.1 Å². The van der Waals surface area contributed by atoms with Gasteiger partial charge in [-0.25, -0.2) is 0 Å². The van der Waals surface area contributed by atoms with Crippen molar-refractivity contribution in [2.24, 2.45) is 0 Å². The molecule has 0 bridgehead atoms. The topological polar surface area (TPSA) is 56.2 Å². The Morgan fingerprint density at radius 2 is 2.00 bits per heavy atom. The van der Waals surface area contributed by atoms with Gasteiger partial charge in [-0.3, -0.25) is 9.48 Å². The summed E-state index contributed by atoms with van der Waals surface area (Å²) >= 11 is 0. The van der Waals surface area contributed by atoms with Gasteiger partial charge in [-0.05, 0) is 49.9 Å². The molecule has 1 atom stereocenters. The van der Waals surface area contributed by atoms with E-state index in [0.717, 1.165) is 48.5 Å². The standard InChI is InChI=1S/C24H27N3O2/c1-17-23(18(2)27(26-17)16-19-8-4-3-5-9-19)20-10-6-11-21(14-20)24(28)25-15-22-12-7-13-29-22/h3-6,8-11,14,22H,7,12-13,15-16H2,1-2H3,(H,25,28)/t22-/m1/s1. The van der Waals surface area contributed by atoms with Crippen molar-refractivity contribution >= 4 is 5.91 Å². The molecule has 5 heteroatoms. The largest absolute Gasteiger partial charge is 0.376 e. The third kappa shape index (κ3) is 4.40. The molecular formula is C24H27N3O2. The summed E-state index contributed by atoms with van der Waals surface area (Å²) in [5.41, 5.74) is 6.06. The molecule has 1 amide bonds. The second-order valence-electron chi connectivity index (χ2n) is 7.61. The minimum atomic E-state index is -0.0608. The lowest BCUT2D eigenvalue weighted by molar-refractivity contribution is 0.0858. The molecule has 1 aromatic heterocycles. The van der Waals surface area contributed by atoms with Crippen LogP contribution in [-0.2, 0) is 11.3 Å². The van der Waals surface area contributed by atoms with Crippen LogP contribution in [0, 0.1) is 13.8 Å². The molecule has 2 aromatic carbocycles. The molecule has 1 fully saturated rings. The summed E-state index contributed by atoms with van der Waals surface area (Å²) < 4.78 is 7.62. The van der Waals surface area contributed by atoms with Crippen LogP contribution in [0.1, 0.15) is 40.2 Å². The molecule has 3 aromatic rings. The predicted molar refractivity (Wildman–Crippen MR) is 114 cm³/mol. The van der Waals surface area contributed by atoms with Crippen LogP contribution in [0.4, 0.5) is 0 Å². The van der Waals surface area contributed by atoms with Crippen molar-refractivity contribution in [3.8, 4) is 11.1 Å². The van der Waals surface area contributed by atoms with Gasteiger partial charge in [0.1, 0.15) is 0 Å². The second-order valence-corrected chi connectivity index (χ2v) is 7.61. The SMILES string of the molecule is Cc1nn(Cc2ccccc2)c(C)c1-c1cccc(C(=O)NC[C@H]2CCCO2)c1. The highest BCUT2D eigenvalue weighted by molar-refractivity contribution is 5.95. The number of nitrogens with one attached hydrogen (secondary N) is 1. The Bertz CT molecular complexity index is 989. The molecule has 4 rings (SSSR count). The average molecular weight is 389 g/mol. The molecule has 2 heterocycles. The first-order valence-corrected chi connectivity index (χ1v) is 10.2. The van der Waals surface area contributed by atoms with Gasteiger partial charge in [0.2, 0.25) is 0 Å². The molecule has 1 aliphatic heterocycles. The lowest BCUT2D eigenvalue weighted by atomic mass is 10.0. The maximum Gasteiger partial charge on any atom is 0.251 e. The van der Waals surface area contributed by atoms with Crippen LogP contribution in [0.25, 0.3) is 11.1 Å². The normalized spacial score (nSPS) is 16.1. The first-order chi connectivity index (χ1) is 14.1. The van der Waals surface area contributed by atoms with E-state index in [1.165, 1.54) is 5.56 Å². The van der Waals surface area contributed by atoms with Gasteiger partial charge in [-0.2, -0.15) is 5.10 Å². The van der Waals surface area contributed by atoms with Crippen LogP contribution in [-0.4, -0.2) is 34.9 Å². The Kier molecular flexibility index (Phi) is 5.76. The molecule has 29 heavy (non-hydrogen) atoms. The number of benzene rings is 2. The minimum Gasteiger partial charge on any atom is -0.376 e. The van der Waals surface area contributed by atoms with Crippen LogP contribution in [0.2, 0.25) is 0 Å². The zero-order valence-corrected chi connectivity index (χ0v) is 17.0. The molecule has 1 saturated heterocycles. The van der Waals surface area contributed by atoms with Crippen molar-refractivity contribution in [3.05, 3.63) is 77.1 Å². The average Bonchev–Trinajstić information content (AvgIpc) is 3.35. The van der Waals surface area contributed by atoms with Gasteiger partial charge in [0.25, 0.3) is 5.91 Å². The summed E-state index contributed by atoms with van der Waals surface area (Å²) in [6.45, 7) is 6.20. The van der Waals surface area contributed by atoms with Crippen molar-refractivity contribution in [1.29, 1.82) is 0 Å². The van der Waals surface area contributed by atoms with Gasteiger partial charge in [-0.15, -0.1) is 0 Å². The van der Waals surface area contributed by atoms with E-state index in [4.69, 9.17) is 9.84 Å². The smallest absolute Gasteiger partial charge is 0.251 e. The van der Waals surface area contributed by atoms with Gasteiger partial charge in [-0.1, -0.05) is 42.5 Å². The van der Waals surface area contributed by atoms with E-state index in [9.17, 15) is 4.79 Å². The first kappa shape index (κ1) is 19.4. The fraction of sp³-hybridized carbons (Fsp3) is 0.333. The molecule has 5 nitrogen and oxygen atoms in total. The number of aromatic nitrogens is 2. The van der Waals surface area contributed by atoms with E-state index >= 15 is 0 Å². The van der Waals surface area contributed by atoms with E-state index < -0.39 is 0 Å². The van der Waals surface area contributed by atoms with Gasteiger partial charge in [0, 0.05) is 30.0 Å². The van der Waals surface area contributed by atoms with Crippen molar-refractivity contribution in [1.82, 2.24) is 15.1 Å². The fourth-order valence-electron chi connectivity index (χ4n) is 3.95. The Hall–Kier alpha value is -2.92. The summed E-state index contributed by atoms with van der Waals surface area (Å²) in [6, 6.07) is 18.1. The molecule has 0 unspecified atom stereocenters. The molecular weight excluding hydrogens is 362 g/mol. The lowest BCUT2D eigenvalue weighted by Gasteiger charge is -2.11. The molecule has 0 saturated carbocycles. The maximum atomic E-state index is 12.6. The van der Waals surface area contributed by atoms with Crippen LogP contribution in [0.15, 0.2) is 54.6 Å². The number of carbonyl (C=O) groups excluding carboxylic acids is 1. The number of amides is 1. The highest BCUT2D eigenvalue weighted by Gasteiger charge is 2.18. The third-order valence-corrected chi connectivity index (χ3v) is 5.48. The first-order valence-electron chi connectivity index (χ1n) is 10.2. The highest BCUT2D eigenvalue weighted by Crippen LogP contribution is 2.28. The number of aryl methyl sites for hydroxylation is 1. The van der Waals surface area contributed by atoms with E-state index in [1.807, 2.05) is 54.1 Å². The summed E-state index contributed by atoms with van der Waals surface area (Å²) in [4.78, 5) is 12.6. The summed E-state index contributed by atoms with van der Waals surface area (Å²) in [5, 5.41) is 7.75. The zero-order chi connectivity index (χ0) is 20.2. The number of nitrogens with zero attached hydrogens (tertiary/aromatic N) is 2. The van der Waals surface area contributed by atoms with Crippen LogP contribution >= 0.6 is 0 Å². The van der Waals surface area contributed by atoms with Gasteiger partial charge in [0.15, 0.2) is 0 Å². The maximum absolute atomic E-state index is 12.6. The zero-order valence-electron chi connectivity index (χ0n) is 17.0. The minimum absolute atomic E-state index is 0.0608. The number of hydrogen-bond donors (Lipinski definition) is 1. The Morgan fingerprint density at radius 1 is 1.17 bits per heavy atom. The van der Waals surface area contributed by atoms with E-state index in [-0.39, 0.29) is 12.0 Å². The van der Waals surface area contributed by atoms with Crippen LogP contribution in [0.3, 0.4) is 0 Å². The molecule has 0 aliphatic carbocycles. The van der Waals surface area contributed by atoms with Gasteiger partial charge >= 0.3 is 0 Å². The van der Waals surface area contributed by atoms with Gasteiger partial charge in [0.05, 0.1) is 18.3 Å². The monoisotopic (exact) mass is 389 g/mol. The van der Waals surface area contributed by atoms with Crippen molar-refractivity contribution < 1.29 is 9.53 Å². The lowest BCUT2D eigenvalue weighted by Crippen LogP contribution is -2.31. The van der Waals surface area contributed by atoms with E-state index in [1.54, 1.807) is 0 Å². The van der Waals surface area contributed by atoms with Crippen molar-refractivity contribution in [3.63, 3.8) is 0 Å². The third-order valence-electron chi connectivity index (χ3n) is 5.48. The predicted octanol–water partition coefficient (Wildman–Crippen LogP) is 4.12. The second kappa shape index (κ2) is 8.62. The Labute approximate surface area is 171 Å². The Balaban J connectivity index is 1.54. The molecule has 1 aliphatic rings. The highest BCUT2D eigenvalue weighted by atomic mass is 16.5. The fourth-order valence-corrected chi connectivity index (χ4v) is 3.95. The van der Waals surface area contributed by atoms with Crippen molar-refractivity contribution in [2.45, 2.75) is 39.3 Å².